The molecule has 6 heteroatoms. The van der Waals surface area contributed by atoms with Crippen molar-refractivity contribution >= 4 is 17.5 Å². The molecule has 0 amide bonds. The van der Waals surface area contributed by atoms with Crippen molar-refractivity contribution in [3.8, 4) is 11.5 Å². The van der Waals surface area contributed by atoms with Gasteiger partial charge in [0.05, 0.1) is 18.6 Å². The van der Waals surface area contributed by atoms with Gasteiger partial charge < -0.3 is 14.9 Å². The molecule has 3 atom stereocenters. The van der Waals surface area contributed by atoms with Gasteiger partial charge in [0.1, 0.15) is 11.5 Å². The summed E-state index contributed by atoms with van der Waals surface area (Å²) in [5.41, 5.74) is -1.00. The van der Waals surface area contributed by atoms with E-state index in [9.17, 15) is 24.6 Å². The molecule has 2 aliphatic carbocycles. The van der Waals surface area contributed by atoms with Crippen molar-refractivity contribution in [2.45, 2.75) is 33.1 Å². The highest BCUT2D eigenvalue weighted by molar-refractivity contribution is 6.23. The fourth-order valence-corrected chi connectivity index (χ4v) is 4.62. The average molecular weight is 370 g/mol. The highest BCUT2D eigenvalue weighted by atomic mass is 16.5. The fraction of sp³-hybridized carbons (Fsp3) is 0.381. The molecule has 0 saturated heterocycles. The molecule has 0 heterocycles. The van der Waals surface area contributed by atoms with E-state index in [0.717, 1.165) is 0 Å². The summed E-state index contributed by atoms with van der Waals surface area (Å²) in [6.07, 6.45) is 4.64. The van der Waals surface area contributed by atoms with Crippen LogP contribution < -0.4 is 0 Å². The van der Waals surface area contributed by atoms with E-state index in [1.807, 2.05) is 0 Å². The Morgan fingerprint density at radius 3 is 2.33 bits per heavy atom. The number of fused-ring (bicyclic) bond motifs is 4. The maximum Gasteiger partial charge on any atom is 0.324 e. The molecule has 0 saturated carbocycles. The lowest BCUT2D eigenvalue weighted by Gasteiger charge is -2.47. The number of phenolic OH excluding ortho intramolecular Hbond substituents is 2. The molecule has 0 unspecified atom stereocenters. The molecule has 2 bridgehead atoms. The summed E-state index contributed by atoms with van der Waals surface area (Å²) in [7, 11) is 1.18. The Morgan fingerprint density at radius 1 is 1.15 bits per heavy atom. The molecular formula is C21H22O6. The Balaban J connectivity index is 2.61. The number of esters is 1. The molecule has 0 spiro atoms. The number of benzene rings is 1. The van der Waals surface area contributed by atoms with Crippen LogP contribution in [-0.2, 0) is 19.7 Å². The Kier molecular flexibility index (Phi) is 4.25. The summed E-state index contributed by atoms with van der Waals surface area (Å²) >= 11 is 0. The van der Waals surface area contributed by atoms with Gasteiger partial charge in [-0.3, -0.25) is 14.4 Å². The minimum absolute atomic E-state index is 0.0352. The number of phenols is 2. The van der Waals surface area contributed by atoms with Crippen LogP contribution in [0.4, 0.5) is 0 Å². The van der Waals surface area contributed by atoms with Crippen molar-refractivity contribution in [3.63, 3.8) is 0 Å². The van der Waals surface area contributed by atoms with Crippen LogP contribution >= 0.6 is 0 Å². The lowest BCUT2D eigenvalue weighted by atomic mass is 9.51. The summed E-state index contributed by atoms with van der Waals surface area (Å²) in [6, 6.07) is 0. The Hall–Kier alpha value is -2.89. The van der Waals surface area contributed by atoms with Crippen LogP contribution in [0.5, 0.6) is 11.5 Å². The number of allylic oxidation sites excluding steroid dienone is 4. The lowest BCUT2D eigenvalue weighted by Crippen LogP contribution is -2.59. The first-order chi connectivity index (χ1) is 12.7. The number of hydrogen-bond acceptors (Lipinski definition) is 6. The van der Waals surface area contributed by atoms with Gasteiger partial charge in [-0.2, -0.15) is 0 Å². The number of carbonyl (C=O) groups is 3. The number of carbonyl (C=O) groups excluding carboxylic acids is 3. The molecule has 0 fully saturated rings. The van der Waals surface area contributed by atoms with E-state index >= 15 is 0 Å². The molecule has 2 aliphatic rings. The van der Waals surface area contributed by atoms with E-state index in [0.29, 0.717) is 5.57 Å². The van der Waals surface area contributed by atoms with Crippen molar-refractivity contribution in [2.75, 3.05) is 7.11 Å². The summed E-state index contributed by atoms with van der Waals surface area (Å²) in [5, 5.41) is 21.1. The van der Waals surface area contributed by atoms with Crippen molar-refractivity contribution in [2.24, 2.45) is 11.8 Å². The summed E-state index contributed by atoms with van der Waals surface area (Å²) in [6.45, 7) is 6.42. The standard InChI is InChI=1S/C21H22O6/c1-6-7-12-14-9(2)8-13(22)21(12,20(26)27-5)16-10(3)17(23)11(4)18(24)15(16)19(14)25/h6-8,12,14,23-24H,1-5H3/b7-6+/t12-,14-,21+/m0/s1. The molecule has 0 aliphatic heterocycles. The lowest BCUT2D eigenvalue weighted by molar-refractivity contribution is -0.154. The van der Waals surface area contributed by atoms with Gasteiger partial charge in [-0.15, -0.1) is 0 Å². The zero-order valence-corrected chi connectivity index (χ0v) is 15.9. The largest absolute Gasteiger partial charge is 0.507 e. The van der Waals surface area contributed by atoms with Gasteiger partial charge >= 0.3 is 5.97 Å². The highest BCUT2D eigenvalue weighted by Gasteiger charge is 2.64. The number of ether oxygens (including phenoxy) is 1. The second kappa shape index (κ2) is 6.08. The Bertz CT molecular complexity index is 952. The van der Waals surface area contributed by atoms with Crippen LogP contribution in [0.3, 0.4) is 0 Å². The number of aromatic hydroxyl groups is 2. The number of rotatable bonds is 2. The third-order valence-electron chi connectivity index (χ3n) is 5.85. The van der Waals surface area contributed by atoms with E-state index in [4.69, 9.17) is 4.74 Å². The quantitative estimate of drug-likeness (QED) is 0.472. The first-order valence-corrected chi connectivity index (χ1v) is 8.69. The predicted octanol–water partition coefficient (Wildman–Crippen LogP) is 2.66. The van der Waals surface area contributed by atoms with Gasteiger partial charge in [0.2, 0.25) is 0 Å². The van der Waals surface area contributed by atoms with Crippen molar-refractivity contribution in [3.05, 3.63) is 46.1 Å². The average Bonchev–Trinajstić information content (AvgIpc) is 2.63. The van der Waals surface area contributed by atoms with Crippen molar-refractivity contribution in [1.82, 2.24) is 0 Å². The van der Waals surface area contributed by atoms with Crippen molar-refractivity contribution < 1.29 is 29.3 Å². The third-order valence-corrected chi connectivity index (χ3v) is 5.85. The van der Waals surface area contributed by atoms with E-state index in [1.165, 1.54) is 27.0 Å². The predicted molar refractivity (Wildman–Crippen MR) is 97.8 cm³/mol. The maximum absolute atomic E-state index is 13.3. The Labute approximate surface area is 157 Å². The number of hydrogen-bond donors (Lipinski definition) is 2. The topological polar surface area (TPSA) is 101 Å². The molecule has 0 aromatic heterocycles. The molecule has 3 rings (SSSR count). The van der Waals surface area contributed by atoms with Crippen LogP contribution in [0.2, 0.25) is 0 Å². The minimum Gasteiger partial charge on any atom is -0.507 e. The molecule has 1 aromatic carbocycles. The summed E-state index contributed by atoms with van der Waals surface area (Å²) < 4.78 is 5.01. The molecule has 6 nitrogen and oxygen atoms in total. The zero-order valence-electron chi connectivity index (χ0n) is 15.9. The first-order valence-electron chi connectivity index (χ1n) is 8.69. The second-order valence-electron chi connectivity index (χ2n) is 7.14. The molecular weight excluding hydrogens is 348 g/mol. The van der Waals surface area contributed by atoms with Crippen LogP contribution in [0, 0.1) is 25.7 Å². The van der Waals surface area contributed by atoms with Gasteiger partial charge in [-0.05, 0) is 44.9 Å². The van der Waals surface area contributed by atoms with Crippen molar-refractivity contribution in [1.29, 1.82) is 0 Å². The van der Waals surface area contributed by atoms with Gasteiger partial charge in [0.25, 0.3) is 0 Å². The highest BCUT2D eigenvalue weighted by Crippen LogP contribution is 2.56. The monoisotopic (exact) mass is 370 g/mol. The van der Waals surface area contributed by atoms with Gasteiger partial charge in [0.15, 0.2) is 17.0 Å². The molecule has 142 valence electrons. The SMILES string of the molecule is C/C=C/[C@H]1[C@H]2C(=O)c3c(O)c(C)c(O)c(C)c3[C@]1(C(=O)OC)C(=O)C=C2C. The molecule has 2 N–H and O–H groups in total. The maximum atomic E-state index is 13.3. The van der Waals surface area contributed by atoms with E-state index in [2.05, 4.69) is 0 Å². The molecule has 27 heavy (non-hydrogen) atoms. The second-order valence-corrected chi connectivity index (χ2v) is 7.14. The minimum atomic E-state index is -1.83. The number of Topliss-reactive ketones (excluding diaryl/α,β-unsaturated/α-hetero) is 1. The Morgan fingerprint density at radius 2 is 1.78 bits per heavy atom. The number of methoxy groups -OCH3 is 1. The first kappa shape index (κ1) is 18.9. The number of ketones is 2. The zero-order chi connectivity index (χ0) is 20.3. The van der Waals surface area contributed by atoms with Gasteiger partial charge in [-0.1, -0.05) is 17.7 Å². The van der Waals surface area contributed by atoms with E-state index < -0.39 is 34.8 Å². The summed E-state index contributed by atoms with van der Waals surface area (Å²) in [4.78, 5) is 39.7. The van der Waals surface area contributed by atoms with Crippen LogP contribution in [-0.4, -0.2) is 34.9 Å². The molecule has 1 aromatic rings. The van der Waals surface area contributed by atoms with E-state index in [1.54, 1.807) is 26.0 Å². The third kappa shape index (κ3) is 2.10. The summed E-state index contributed by atoms with van der Waals surface area (Å²) in [5.74, 6) is -3.95. The molecule has 0 radical (unpaired) electrons. The normalized spacial score (nSPS) is 26.8. The van der Waals surface area contributed by atoms with Gasteiger partial charge in [-0.25, -0.2) is 0 Å². The van der Waals surface area contributed by atoms with E-state index in [-0.39, 0.29) is 33.8 Å². The van der Waals surface area contributed by atoms with Gasteiger partial charge in [0, 0.05) is 11.5 Å². The van der Waals surface area contributed by atoms with Crippen LogP contribution in [0.1, 0.15) is 40.9 Å². The smallest absolute Gasteiger partial charge is 0.324 e. The fourth-order valence-electron chi connectivity index (χ4n) is 4.62. The van der Waals surface area contributed by atoms with Crippen LogP contribution in [0.25, 0.3) is 0 Å². The van der Waals surface area contributed by atoms with Crippen LogP contribution in [0.15, 0.2) is 23.8 Å².